The van der Waals surface area contributed by atoms with Crippen LogP contribution in [0.2, 0.25) is 0 Å². The second-order valence-corrected chi connectivity index (χ2v) is 7.40. The fraction of sp³-hybridized carbons (Fsp3) is 0.391. The molecule has 0 bridgehead atoms. The molecule has 1 saturated heterocycles. The summed E-state index contributed by atoms with van der Waals surface area (Å²) in [7, 11) is 0. The van der Waals surface area contributed by atoms with Gasteiger partial charge in [0.2, 0.25) is 0 Å². The third-order valence-corrected chi connectivity index (χ3v) is 5.21. The van der Waals surface area contributed by atoms with Gasteiger partial charge in [-0.2, -0.15) is 5.26 Å². The Labute approximate surface area is 176 Å². The smallest absolute Gasteiger partial charge is 0.315 e. The number of amides is 2. The van der Waals surface area contributed by atoms with Gasteiger partial charge in [-0.3, -0.25) is 0 Å². The van der Waals surface area contributed by atoms with Crippen molar-refractivity contribution in [2.24, 2.45) is 0 Å². The molecule has 1 heterocycles. The normalized spacial score (nSPS) is 17.0. The minimum absolute atomic E-state index is 0.0821. The van der Waals surface area contributed by atoms with E-state index < -0.39 is 5.82 Å². The first kappa shape index (κ1) is 21.4. The summed E-state index contributed by atoms with van der Waals surface area (Å²) in [5.41, 5.74) is 1.74. The Bertz CT molecular complexity index is 910. The Kier molecular flexibility index (Phi) is 7.12. The highest BCUT2D eigenvalue weighted by molar-refractivity contribution is 5.75. The highest BCUT2D eigenvalue weighted by atomic mass is 19.1. The van der Waals surface area contributed by atoms with E-state index in [1.165, 1.54) is 6.07 Å². The van der Waals surface area contributed by atoms with Crippen LogP contribution in [-0.2, 0) is 0 Å². The molecule has 2 atom stereocenters. The van der Waals surface area contributed by atoms with Crippen molar-refractivity contribution < 1.29 is 13.9 Å². The average Bonchev–Trinajstić information content (AvgIpc) is 2.74. The van der Waals surface area contributed by atoms with Gasteiger partial charge in [0, 0.05) is 19.1 Å². The lowest BCUT2D eigenvalue weighted by molar-refractivity contribution is 0.232. The summed E-state index contributed by atoms with van der Waals surface area (Å²) in [6, 6.07) is 13.6. The summed E-state index contributed by atoms with van der Waals surface area (Å²) >= 11 is 0. The first-order chi connectivity index (χ1) is 14.5. The molecule has 3 rings (SSSR count). The molecule has 2 aromatic rings. The molecule has 0 aliphatic carbocycles. The first-order valence-electron chi connectivity index (χ1n) is 10.2. The summed E-state index contributed by atoms with van der Waals surface area (Å²) in [5.74, 6) is 0.388. The van der Waals surface area contributed by atoms with Crippen LogP contribution in [0.3, 0.4) is 0 Å². The molecule has 0 spiro atoms. The fourth-order valence-electron chi connectivity index (χ4n) is 3.67. The minimum atomic E-state index is -0.414. The van der Waals surface area contributed by atoms with Crippen molar-refractivity contribution in [3.8, 4) is 11.8 Å². The molecule has 30 heavy (non-hydrogen) atoms. The van der Waals surface area contributed by atoms with E-state index in [2.05, 4.69) is 10.6 Å². The zero-order valence-corrected chi connectivity index (χ0v) is 17.3. The molecule has 0 radical (unpaired) electrons. The van der Waals surface area contributed by atoms with Gasteiger partial charge >= 0.3 is 6.03 Å². The number of anilines is 1. The van der Waals surface area contributed by atoms with Gasteiger partial charge in [0.15, 0.2) is 0 Å². The number of carbonyl (C=O) groups excluding carboxylic acids is 1. The van der Waals surface area contributed by atoms with E-state index in [9.17, 15) is 9.18 Å². The van der Waals surface area contributed by atoms with Crippen LogP contribution in [0, 0.1) is 17.1 Å². The predicted molar refractivity (Wildman–Crippen MR) is 114 cm³/mol. The number of hydrogen-bond donors (Lipinski definition) is 2. The van der Waals surface area contributed by atoms with Crippen molar-refractivity contribution in [2.45, 2.75) is 38.8 Å². The number of nitriles is 1. The SMILES string of the molecule is CCOc1ccc(C(C)NC(=O)NC2CCCN(c3ccc(C#N)cc3F)C2)cc1. The zero-order valence-electron chi connectivity index (χ0n) is 17.3. The largest absolute Gasteiger partial charge is 0.494 e. The lowest BCUT2D eigenvalue weighted by Crippen LogP contribution is -2.51. The number of nitrogens with one attached hydrogen (secondary N) is 2. The molecule has 0 saturated carbocycles. The van der Waals surface area contributed by atoms with Crippen molar-refractivity contribution in [3.63, 3.8) is 0 Å². The number of benzene rings is 2. The van der Waals surface area contributed by atoms with Crippen LogP contribution in [-0.4, -0.2) is 31.8 Å². The number of urea groups is 1. The topological polar surface area (TPSA) is 77.4 Å². The molecule has 1 aliphatic heterocycles. The fourth-order valence-corrected chi connectivity index (χ4v) is 3.67. The van der Waals surface area contributed by atoms with Gasteiger partial charge in [-0.25, -0.2) is 9.18 Å². The van der Waals surface area contributed by atoms with Crippen molar-refractivity contribution >= 4 is 11.7 Å². The Hall–Kier alpha value is -3.27. The monoisotopic (exact) mass is 410 g/mol. The van der Waals surface area contributed by atoms with Crippen LogP contribution in [0.15, 0.2) is 42.5 Å². The average molecular weight is 410 g/mol. The number of hydrogen-bond acceptors (Lipinski definition) is 4. The maximum atomic E-state index is 14.3. The standard InChI is InChI=1S/C23H27FN4O2/c1-3-30-20-9-7-18(8-10-20)16(2)26-23(29)27-19-5-4-12-28(15-19)22-11-6-17(14-25)13-21(22)24/h6-11,13,16,19H,3-5,12,15H2,1-2H3,(H2,26,27,29). The summed E-state index contributed by atoms with van der Waals surface area (Å²) in [6.45, 7) is 5.71. The minimum Gasteiger partial charge on any atom is -0.494 e. The molecule has 1 aliphatic rings. The lowest BCUT2D eigenvalue weighted by atomic mass is 10.0. The van der Waals surface area contributed by atoms with Gasteiger partial charge in [0.25, 0.3) is 0 Å². The third kappa shape index (κ3) is 5.41. The van der Waals surface area contributed by atoms with E-state index in [4.69, 9.17) is 10.00 Å². The van der Waals surface area contributed by atoms with E-state index in [0.717, 1.165) is 24.2 Å². The van der Waals surface area contributed by atoms with E-state index in [0.29, 0.717) is 30.9 Å². The summed E-state index contributed by atoms with van der Waals surface area (Å²) in [6.07, 6.45) is 1.68. The third-order valence-electron chi connectivity index (χ3n) is 5.21. The molecule has 6 nitrogen and oxygen atoms in total. The van der Waals surface area contributed by atoms with Crippen LogP contribution in [0.25, 0.3) is 0 Å². The molecular formula is C23H27FN4O2. The van der Waals surface area contributed by atoms with Crippen LogP contribution in [0.4, 0.5) is 14.9 Å². The van der Waals surface area contributed by atoms with Gasteiger partial charge in [-0.05, 0) is 62.6 Å². The molecule has 2 N–H and O–H groups in total. The molecule has 7 heteroatoms. The number of carbonyl (C=O) groups is 1. The van der Waals surface area contributed by atoms with Gasteiger partial charge < -0.3 is 20.3 Å². The van der Waals surface area contributed by atoms with E-state index in [1.54, 1.807) is 12.1 Å². The maximum absolute atomic E-state index is 14.3. The number of nitrogens with zero attached hydrogens (tertiary/aromatic N) is 2. The summed E-state index contributed by atoms with van der Waals surface area (Å²) in [4.78, 5) is 14.4. The zero-order chi connectivity index (χ0) is 21.5. The van der Waals surface area contributed by atoms with Crippen molar-refractivity contribution in [2.75, 3.05) is 24.6 Å². The van der Waals surface area contributed by atoms with Crippen molar-refractivity contribution in [3.05, 3.63) is 59.4 Å². The molecule has 0 aromatic heterocycles. The van der Waals surface area contributed by atoms with Crippen LogP contribution in [0.1, 0.15) is 43.9 Å². The van der Waals surface area contributed by atoms with Gasteiger partial charge in [-0.15, -0.1) is 0 Å². The Balaban J connectivity index is 1.55. The number of ether oxygens (including phenoxy) is 1. The Morgan fingerprint density at radius 1 is 1.33 bits per heavy atom. The van der Waals surface area contributed by atoms with E-state index in [1.807, 2.05) is 49.1 Å². The van der Waals surface area contributed by atoms with Crippen molar-refractivity contribution in [1.29, 1.82) is 5.26 Å². The first-order valence-corrected chi connectivity index (χ1v) is 10.2. The number of piperidine rings is 1. The van der Waals surface area contributed by atoms with Gasteiger partial charge in [0.05, 0.1) is 30.0 Å². The molecule has 158 valence electrons. The van der Waals surface area contributed by atoms with Gasteiger partial charge in [0.1, 0.15) is 11.6 Å². The Morgan fingerprint density at radius 3 is 2.77 bits per heavy atom. The van der Waals surface area contributed by atoms with E-state index in [-0.39, 0.29) is 18.1 Å². The predicted octanol–water partition coefficient (Wildman–Crippen LogP) is 4.13. The molecule has 2 unspecified atom stereocenters. The van der Waals surface area contributed by atoms with Crippen LogP contribution >= 0.6 is 0 Å². The van der Waals surface area contributed by atoms with E-state index >= 15 is 0 Å². The summed E-state index contributed by atoms with van der Waals surface area (Å²) in [5, 5.41) is 14.9. The molecule has 2 aromatic carbocycles. The number of halogens is 1. The highest BCUT2D eigenvalue weighted by Gasteiger charge is 2.24. The maximum Gasteiger partial charge on any atom is 0.315 e. The Morgan fingerprint density at radius 2 is 2.10 bits per heavy atom. The quantitative estimate of drug-likeness (QED) is 0.751. The van der Waals surface area contributed by atoms with Crippen molar-refractivity contribution in [1.82, 2.24) is 10.6 Å². The molecular weight excluding hydrogens is 383 g/mol. The highest BCUT2D eigenvalue weighted by Crippen LogP contribution is 2.24. The van der Waals surface area contributed by atoms with Crippen LogP contribution < -0.4 is 20.3 Å². The number of rotatable bonds is 6. The molecule has 1 fully saturated rings. The second kappa shape index (κ2) is 9.97. The van der Waals surface area contributed by atoms with Gasteiger partial charge in [-0.1, -0.05) is 12.1 Å². The second-order valence-electron chi connectivity index (χ2n) is 7.40. The summed E-state index contributed by atoms with van der Waals surface area (Å²) < 4.78 is 19.8. The molecule has 2 amide bonds. The lowest BCUT2D eigenvalue weighted by Gasteiger charge is -2.35. The van der Waals surface area contributed by atoms with Crippen LogP contribution in [0.5, 0.6) is 5.75 Å².